The zero-order chi connectivity index (χ0) is 12.0. The molecule has 0 aliphatic rings. The van der Waals surface area contributed by atoms with E-state index in [1.54, 1.807) is 25.8 Å². The molecular formula is C12H19NO2S. The highest BCUT2D eigenvalue weighted by Gasteiger charge is 2.03. The van der Waals surface area contributed by atoms with Gasteiger partial charge in [-0.1, -0.05) is 6.07 Å². The third kappa shape index (κ3) is 4.04. The fraction of sp³-hybridized carbons (Fsp3) is 0.500. The predicted octanol–water partition coefficient (Wildman–Crippen LogP) is 1.89. The van der Waals surface area contributed by atoms with Gasteiger partial charge in [0.25, 0.3) is 0 Å². The van der Waals surface area contributed by atoms with Crippen LogP contribution in [-0.4, -0.2) is 31.1 Å². The molecule has 0 bridgehead atoms. The Morgan fingerprint density at radius 2 is 2.25 bits per heavy atom. The fourth-order valence-electron chi connectivity index (χ4n) is 1.42. The summed E-state index contributed by atoms with van der Waals surface area (Å²) in [5.41, 5.74) is 1.16. The van der Waals surface area contributed by atoms with Crippen molar-refractivity contribution in [2.75, 3.05) is 19.9 Å². The summed E-state index contributed by atoms with van der Waals surface area (Å²) in [4.78, 5) is 1.14. The maximum atomic E-state index is 9.12. The van der Waals surface area contributed by atoms with Crippen molar-refractivity contribution in [3.8, 4) is 5.75 Å². The zero-order valence-corrected chi connectivity index (χ0v) is 10.8. The van der Waals surface area contributed by atoms with E-state index in [9.17, 15) is 0 Å². The summed E-state index contributed by atoms with van der Waals surface area (Å²) in [5.74, 6) is 0.906. The molecule has 3 nitrogen and oxygen atoms in total. The average molecular weight is 241 g/mol. The van der Waals surface area contributed by atoms with Crippen LogP contribution in [0.15, 0.2) is 23.1 Å². The van der Waals surface area contributed by atoms with E-state index in [0.29, 0.717) is 6.54 Å². The molecule has 0 heterocycles. The van der Waals surface area contributed by atoms with Crippen LogP contribution in [-0.2, 0) is 6.54 Å². The van der Waals surface area contributed by atoms with Gasteiger partial charge in [-0.25, -0.2) is 0 Å². The van der Waals surface area contributed by atoms with Crippen LogP contribution in [0.5, 0.6) is 5.75 Å². The zero-order valence-electron chi connectivity index (χ0n) is 9.99. The van der Waals surface area contributed by atoms with Crippen LogP contribution in [0.1, 0.15) is 12.5 Å². The van der Waals surface area contributed by atoms with Gasteiger partial charge in [-0.05, 0) is 30.9 Å². The Morgan fingerprint density at radius 3 is 2.81 bits per heavy atom. The summed E-state index contributed by atoms with van der Waals surface area (Å²) in [6.45, 7) is 3.12. The Kier molecular flexibility index (Phi) is 5.66. The standard InChI is InChI=1S/C12H19NO2S/c1-9(14)7-13-8-10-4-5-12(16-3)11(6-10)15-2/h4-6,9,13-14H,7-8H2,1-3H3. The molecule has 0 spiro atoms. The number of ether oxygens (including phenoxy) is 1. The minimum Gasteiger partial charge on any atom is -0.496 e. The maximum Gasteiger partial charge on any atom is 0.132 e. The van der Waals surface area contributed by atoms with E-state index in [0.717, 1.165) is 22.8 Å². The molecule has 0 aliphatic carbocycles. The van der Waals surface area contributed by atoms with Crippen LogP contribution in [0.25, 0.3) is 0 Å². The minimum absolute atomic E-state index is 0.313. The van der Waals surface area contributed by atoms with E-state index < -0.39 is 0 Å². The topological polar surface area (TPSA) is 41.5 Å². The van der Waals surface area contributed by atoms with Gasteiger partial charge in [0, 0.05) is 18.0 Å². The lowest BCUT2D eigenvalue weighted by atomic mass is 10.2. The van der Waals surface area contributed by atoms with Crippen LogP contribution in [0.4, 0.5) is 0 Å². The number of nitrogens with one attached hydrogen (secondary N) is 1. The van der Waals surface area contributed by atoms with E-state index in [1.807, 2.05) is 12.3 Å². The molecule has 4 heteroatoms. The van der Waals surface area contributed by atoms with Crippen molar-refractivity contribution >= 4 is 11.8 Å². The van der Waals surface area contributed by atoms with Gasteiger partial charge < -0.3 is 15.2 Å². The molecule has 0 amide bonds. The van der Waals surface area contributed by atoms with E-state index in [2.05, 4.69) is 17.4 Å². The van der Waals surface area contributed by atoms with Gasteiger partial charge in [0.2, 0.25) is 0 Å². The Hall–Kier alpha value is -0.710. The van der Waals surface area contributed by atoms with E-state index in [1.165, 1.54) is 0 Å². The van der Waals surface area contributed by atoms with E-state index in [4.69, 9.17) is 9.84 Å². The molecule has 0 radical (unpaired) electrons. The third-order valence-electron chi connectivity index (χ3n) is 2.22. The number of aliphatic hydroxyl groups excluding tert-OH is 1. The number of hydrogen-bond donors (Lipinski definition) is 2. The largest absolute Gasteiger partial charge is 0.496 e. The molecular weight excluding hydrogens is 222 g/mol. The molecule has 2 N–H and O–H groups in total. The first-order chi connectivity index (χ1) is 7.67. The molecule has 0 saturated heterocycles. The molecule has 1 atom stereocenters. The average Bonchev–Trinajstić information content (AvgIpc) is 2.28. The molecule has 1 aromatic rings. The number of aliphatic hydroxyl groups is 1. The first-order valence-electron chi connectivity index (χ1n) is 5.27. The molecule has 0 aliphatic heterocycles. The lowest BCUT2D eigenvalue weighted by Crippen LogP contribution is -2.23. The quantitative estimate of drug-likeness (QED) is 0.746. The first-order valence-corrected chi connectivity index (χ1v) is 6.49. The molecule has 1 aromatic carbocycles. The molecule has 1 unspecified atom stereocenters. The van der Waals surface area contributed by atoms with E-state index >= 15 is 0 Å². The Morgan fingerprint density at radius 1 is 1.50 bits per heavy atom. The van der Waals surface area contributed by atoms with Crippen molar-refractivity contribution in [1.82, 2.24) is 5.32 Å². The van der Waals surface area contributed by atoms with Crippen molar-refractivity contribution in [3.63, 3.8) is 0 Å². The lowest BCUT2D eigenvalue weighted by molar-refractivity contribution is 0.191. The molecule has 0 saturated carbocycles. The van der Waals surface area contributed by atoms with Gasteiger partial charge in [0.1, 0.15) is 5.75 Å². The third-order valence-corrected chi connectivity index (χ3v) is 2.99. The number of hydrogen-bond acceptors (Lipinski definition) is 4. The van der Waals surface area contributed by atoms with Crippen LogP contribution < -0.4 is 10.1 Å². The van der Waals surface area contributed by atoms with Gasteiger partial charge in [-0.3, -0.25) is 0 Å². The van der Waals surface area contributed by atoms with Crippen LogP contribution in [0.2, 0.25) is 0 Å². The molecule has 0 aromatic heterocycles. The fourth-order valence-corrected chi connectivity index (χ4v) is 1.96. The highest BCUT2D eigenvalue weighted by molar-refractivity contribution is 7.98. The second kappa shape index (κ2) is 6.78. The van der Waals surface area contributed by atoms with Gasteiger partial charge >= 0.3 is 0 Å². The summed E-state index contributed by atoms with van der Waals surface area (Å²) in [7, 11) is 1.68. The second-order valence-corrected chi connectivity index (χ2v) is 4.52. The molecule has 16 heavy (non-hydrogen) atoms. The highest BCUT2D eigenvalue weighted by atomic mass is 32.2. The monoisotopic (exact) mass is 241 g/mol. The maximum absolute atomic E-state index is 9.12. The summed E-state index contributed by atoms with van der Waals surface area (Å²) >= 11 is 1.67. The number of thioether (sulfide) groups is 1. The normalized spacial score (nSPS) is 12.5. The Bertz CT molecular complexity index is 329. The summed E-state index contributed by atoms with van der Waals surface area (Å²) in [6, 6.07) is 6.16. The van der Waals surface area contributed by atoms with Crippen molar-refractivity contribution in [2.24, 2.45) is 0 Å². The van der Waals surface area contributed by atoms with Crippen molar-refractivity contribution < 1.29 is 9.84 Å². The molecule has 90 valence electrons. The number of methoxy groups -OCH3 is 1. The molecule has 0 fully saturated rings. The summed E-state index contributed by atoms with van der Waals surface area (Å²) in [6.07, 6.45) is 1.72. The first kappa shape index (κ1) is 13.4. The van der Waals surface area contributed by atoms with Crippen LogP contribution in [0, 0.1) is 0 Å². The van der Waals surface area contributed by atoms with E-state index in [-0.39, 0.29) is 6.10 Å². The van der Waals surface area contributed by atoms with Crippen molar-refractivity contribution in [2.45, 2.75) is 24.5 Å². The van der Waals surface area contributed by atoms with Gasteiger partial charge in [-0.2, -0.15) is 0 Å². The summed E-state index contributed by atoms with van der Waals surface area (Å²) < 4.78 is 5.31. The SMILES string of the molecule is COc1cc(CNCC(C)O)ccc1SC. The Balaban J connectivity index is 2.60. The minimum atomic E-state index is -0.313. The van der Waals surface area contributed by atoms with Crippen LogP contribution in [0.3, 0.4) is 0 Å². The number of rotatable bonds is 6. The summed E-state index contributed by atoms with van der Waals surface area (Å²) in [5, 5.41) is 12.3. The van der Waals surface area contributed by atoms with Crippen molar-refractivity contribution in [1.29, 1.82) is 0 Å². The van der Waals surface area contributed by atoms with Crippen molar-refractivity contribution in [3.05, 3.63) is 23.8 Å². The van der Waals surface area contributed by atoms with Crippen LogP contribution >= 0.6 is 11.8 Å². The lowest BCUT2D eigenvalue weighted by Gasteiger charge is -2.10. The Labute approximate surface area is 101 Å². The highest BCUT2D eigenvalue weighted by Crippen LogP contribution is 2.28. The van der Waals surface area contributed by atoms with Gasteiger partial charge in [0.15, 0.2) is 0 Å². The predicted molar refractivity (Wildman–Crippen MR) is 68.2 cm³/mol. The van der Waals surface area contributed by atoms with Gasteiger partial charge in [-0.15, -0.1) is 11.8 Å². The number of benzene rings is 1. The van der Waals surface area contributed by atoms with Gasteiger partial charge in [0.05, 0.1) is 13.2 Å². The second-order valence-electron chi connectivity index (χ2n) is 3.67. The molecule has 1 rings (SSSR count). The smallest absolute Gasteiger partial charge is 0.132 e.